The first-order valence-corrected chi connectivity index (χ1v) is 8.66. The average molecular weight is 376 g/mol. The number of fused-ring (bicyclic) bond motifs is 1. The number of halogens is 3. The lowest BCUT2D eigenvalue weighted by molar-refractivity contribution is -0.137. The van der Waals surface area contributed by atoms with Crippen LogP contribution in [0.15, 0.2) is 43.0 Å². The molecular formula is C19H19F3N4O. The Hall–Kier alpha value is -2.45. The number of imidazole rings is 1. The molecule has 2 aromatic heterocycles. The van der Waals surface area contributed by atoms with Gasteiger partial charge in [-0.3, -0.25) is 9.88 Å². The SMILES string of the molecule is Cn1cnc2ccc(C3CN(Cc4cncc(C(F)(F)F)c4)CCO3)cc21. The highest BCUT2D eigenvalue weighted by atomic mass is 19.4. The molecule has 142 valence electrons. The molecule has 1 saturated heterocycles. The first-order chi connectivity index (χ1) is 12.9. The lowest BCUT2D eigenvalue weighted by Gasteiger charge is -2.33. The first kappa shape index (κ1) is 17.9. The van der Waals surface area contributed by atoms with Gasteiger partial charge in [0.25, 0.3) is 0 Å². The van der Waals surface area contributed by atoms with Gasteiger partial charge in [-0.1, -0.05) is 6.07 Å². The van der Waals surface area contributed by atoms with Gasteiger partial charge in [0.1, 0.15) is 0 Å². The van der Waals surface area contributed by atoms with Crippen molar-refractivity contribution in [2.45, 2.75) is 18.8 Å². The number of ether oxygens (including phenoxy) is 1. The van der Waals surface area contributed by atoms with Crippen LogP contribution in [-0.4, -0.2) is 39.1 Å². The van der Waals surface area contributed by atoms with Crippen molar-refractivity contribution in [3.05, 3.63) is 59.7 Å². The zero-order valence-electron chi connectivity index (χ0n) is 14.8. The van der Waals surface area contributed by atoms with Gasteiger partial charge in [-0.25, -0.2) is 4.98 Å². The number of pyridine rings is 1. The third-order valence-electron chi connectivity index (χ3n) is 4.80. The Morgan fingerprint density at radius 2 is 2.07 bits per heavy atom. The van der Waals surface area contributed by atoms with E-state index in [1.54, 1.807) is 6.33 Å². The van der Waals surface area contributed by atoms with E-state index in [2.05, 4.69) is 20.9 Å². The quantitative estimate of drug-likeness (QED) is 0.701. The molecule has 0 radical (unpaired) electrons. The van der Waals surface area contributed by atoms with E-state index in [1.807, 2.05) is 23.7 Å². The average Bonchev–Trinajstić information content (AvgIpc) is 3.02. The number of alkyl halides is 3. The normalized spacial score (nSPS) is 18.9. The molecule has 3 aromatic rings. The van der Waals surface area contributed by atoms with Crippen molar-refractivity contribution in [3.8, 4) is 0 Å². The van der Waals surface area contributed by atoms with Gasteiger partial charge >= 0.3 is 6.18 Å². The molecule has 1 aliphatic rings. The zero-order valence-corrected chi connectivity index (χ0v) is 14.8. The number of aryl methyl sites for hydroxylation is 1. The Labute approximate surface area is 154 Å². The van der Waals surface area contributed by atoms with Crippen LogP contribution in [-0.2, 0) is 24.5 Å². The van der Waals surface area contributed by atoms with Gasteiger partial charge in [-0.2, -0.15) is 13.2 Å². The first-order valence-electron chi connectivity index (χ1n) is 8.66. The van der Waals surface area contributed by atoms with Gasteiger partial charge in [0, 0.05) is 39.1 Å². The molecular weight excluding hydrogens is 357 g/mol. The van der Waals surface area contributed by atoms with Crippen LogP contribution >= 0.6 is 0 Å². The Balaban J connectivity index is 1.50. The van der Waals surface area contributed by atoms with Crippen LogP contribution in [0.5, 0.6) is 0 Å². The highest BCUT2D eigenvalue weighted by molar-refractivity contribution is 5.76. The number of hydrogen-bond acceptors (Lipinski definition) is 4. The minimum absolute atomic E-state index is 0.128. The third-order valence-corrected chi connectivity index (χ3v) is 4.80. The van der Waals surface area contributed by atoms with Gasteiger partial charge in [0.05, 0.1) is 35.6 Å². The molecule has 0 bridgehead atoms. The molecule has 4 rings (SSSR count). The van der Waals surface area contributed by atoms with Crippen LogP contribution in [0.3, 0.4) is 0 Å². The monoisotopic (exact) mass is 376 g/mol. The molecule has 5 nitrogen and oxygen atoms in total. The van der Waals surface area contributed by atoms with E-state index in [0.717, 1.165) is 22.8 Å². The van der Waals surface area contributed by atoms with Gasteiger partial charge in [0.2, 0.25) is 0 Å². The zero-order chi connectivity index (χ0) is 19.0. The molecule has 1 atom stereocenters. The van der Waals surface area contributed by atoms with E-state index in [9.17, 15) is 13.2 Å². The van der Waals surface area contributed by atoms with Crippen LogP contribution in [0.1, 0.15) is 22.8 Å². The highest BCUT2D eigenvalue weighted by Crippen LogP contribution is 2.30. The summed E-state index contributed by atoms with van der Waals surface area (Å²) in [6.45, 7) is 2.21. The predicted octanol–water partition coefficient (Wildman–Crippen LogP) is 3.56. The van der Waals surface area contributed by atoms with E-state index < -0.39 is 11.7 Å². The topological polar surface area (TPSA) is 43.2 Å². The summed E-state index contributed by atoms with van der Waals surface area (Å²) in [6.07, 6.45) is -0.397. The summed E-state index contributed by atoms with van der Waals surface area (Å²) >= 11 is 0. The fourth-order valence-corrected chi connectivity index (χ4v) is 3.38. The van der Waals surface area contributed by atoms with Crippen molar-refractivity contribution in [3.63, 3.8) is 0 Å². The minimum Gasteiger partial charge on any atom is -0.371 e. The second-order valence-electron chi connectivity index (χ2n) is 6.78. The molecule has 27 heavy (non-hydrogen) atoms. The van der Waals surface area contributed by atoms with Crippen molar-refractivity contribution in [1.29, 1.82) is 0 Å². The predicted molar refractivity (Wildman–Crippen MR) is 93.9 cm³/mol. The Kier molecular flexibility index (Phi) is 4.61. The summed E-state index contributed by atoms with van der Waals surface area (Å²) in [5.74, 6) is 0. The molecule has 8 heteroatoms. The van der Waals surface area contributed by atoms with Crippen molar-refractivity contribution >= 4 is 11.0 Å². The number of aromatic nitrogens is 3. The third kappa shape index (κ3) is 3.81. The van der Waals surface area contributed by atoms with Crippen molar-refractivity contribution in [1.82, 2.24) is 19.4 Å². The molecule has 1 fully saturated rings. The molecule has 0 saturated carbocycles. The maximum Gasteiger partial charge on any atom is 0.417 e. The largest absolute Gasteiger partial charge is 0.417 e. The van der Waals surface area contributed by atoms with Crippen molar-refractivity contribution in [2.75, 3.05) is 19.7 Å². The van der Waals surface area contributed by atoms with Gasteiger partial charge in [-0.05, 0) is 29.3 Å². The van der Waals surface area contributed by atoms with Gasteiger partial charge < -0.3 is 9.30 Å². The minimum atomic E-state index is -4.38. The molecule has 0 spiro atoms. The smallest absolute Gasteiger partial charge is 0.371 e. The second kappa shape index (κ2) is 6.94. The lowest BCUT2D eigenvalue weighted by Crippen LogP contribution is -2.37. The standard InChI is InChI=1S/C19H19F3N4O/c1-25-12-24-16-3-2-14(7-17(16)25)18-11-26(4-5-27-18)10-13-6-15(9-23-8-13)19(20,21)22/h2-3,6-9,12,18H,4-5,10-11H2,1H3. The number of morpholine rings is 1. The Morgan fingerprint density at radius 3 is 2.89 bits per heavy atom. The lowest BCUT2D eigenvalue weighted by atomic mass is 10.1. The van der Waals surface area contributed by atoms with E-state index in [1.165, 1.54) is 12.3 Å². The van der Waals surface area contributed by atoms with Crippen LogP contribution in [0, 0.1) is 0 Å². The summed E-state index contributed by atoms with van der Waals surface area (Å²) in [4.78, 5) is 10.2. The van der Waals surface area contributed by atoms with E-state index in [-0.39, 0.29) is 6.10 Å². The highest BCUT2D eigenvalue weighted by Gasteiger charge is 2.31. The molecule has 1 aromatic carbocycles. The number of nitrogens with zero attached hydrogens (tertiary/aromatic N) is 4. The number of rotatable bonds is 3. The molecule has 3 heterocycles. The maximum atomic E-state index is 12.9. The van der Waals surface area contributed by atoms with E-state index in [0.29, 0.717) is 31.8 Å². The summed E-state index contributed by atoms with van der Waals surface area (Å²) in [5.41, 5.74) is 2.82. The summed E-state index contributed by atoms with van der Waals surface area (Å²) in [5, 5.41) is 0. The number of benzene rings is 1. The summed E-state index contributed by atoms with van der Waals surface area (Å²) < 4.78 is 46.5. The molecule has 1 unspecified atom stereocenters. The molecule has 0 aliphatic carbocycles. The van der Waals surface area contributed by atoms with Crippen LogP contribution in [0.2, 0.25) is 0 Å². The summed E-state index contributed by atoms with van der Waals surface area (Å²) in [7, 11) is 1.94. The fraction of sp³-hybridized carbons (Fsp3) is 0.368. The Bertz CT molecular complexity index is 954. The number of hydrogen-bond donors (Lipinski definition) is 0. The van der Waals surface area contributed by atoms with Gasteiger partial charge in [0.15, 0.2) is 0 Å². The Morgan fingerprint density at radius 1 is 1.22 bits per heavy atom. The maximum absolute atomic E-state index is 12.9. The van der Waals surface area contributed by atoms with Crippen molar-refractivity contribution in [2.24, 2.45) is 7.05 Å². The molecule has 0 N–H and O–H groups in total. The van der Waals surface area contributed by atoms with E-state index in [4.69, 9.17) is 4.74 Å². The van der Waals surface area contributed by atoms with Gasteiger partial charge in [-0.15, -0.1) is 0 Å². The van der Waals surface area contributed by atoms with Crippen LogP contribution in [0.4, 0.5) is 13.2 Å². The molecule has 1 aliphatic heterocycles. The second-order valence-corrected chi connectivity index (χ2v) is 6.78. The van der Waals surface area contributed by atoms with Crippen LogP contribution in [0.25, 0.3) is 11.0 Å². The summed E-state index contributed by atoms with van der Waals surface area (Å²) in [6, 6.07) is 7.18. The molecule has 0 amide bonds. The van der Waals surface area contributed by atoms with Crippen molar-refractivity contribution < 1.29 is 17.9 Å². The van der Waals surface area contributed by atoms with Crippen LogP contribution < -0.4 is 0 Å². The fourth-order valence-electron chi connectivity index (χ4n) is 3.38. The van der Waals surface area contributed by atoms with E-state index >= 15 is 0 Å².